The van der Waals surface area contributed by atoms with Crippen LogP contribution in [0.15, 0.2) is 42.9 Å². The first-order chi connectivity index (χ1) is 8.75. The van der Waals surface area contributed by atoms with Crippen LogP contribution in [0.5, 0.6) is 0 Å². The summed E-state index contributed by atoms with van der Waals surface area (Å²) >= 11 is 0. The molecule has 3 nitrogen and oxygen atoms in total. The van der Waals surface area contributed by atoms with Gasteiger partial charge in [0.2, 0.25) is 0 Å². The lowest BCUT2D eigenvalue weighted by Gasteiger charge is -2.20. The van der Waals surface area contributed by atoms with Crippen molar-refractivity contribution in [2.24, 2.45) is 5.92 Å². The highest BCUT2D eigenvalue weighted by molar-refractivity contribution is 5.19. The maximum atomic E-state index is 4.04. The van der Waals surface area contributed by atoms with Gasteiger partial charge in [-0.3, -0.25) is 0 Å². The minimum atomic E-state index is 0.398. The molecule has 0 aliphatic carbocycles. The Balaban J connectivity index is 2.01. The van der Waals surface area contributed by atoms with Gasteiger partial charge in [0.1, 0.15) is 0 Å². The lowest BCUT2D eigenvalue weighted by atomic mass is 9.97. The molecule has 0 bridgehead atoms. The van der Waals surface area contributed by atoms with Gasteiger partial charge in [-0.2, -0.15) is 0 Å². The van der Waals surface area contributed by atoms with Gasteiger partial charge < -0.3 is 10.3 Å². The van der Waals surface area contributed by atoms with Crippen molar-refractivity contribution in [3.8, 4) is 0 Å². The second-order valence-corrected chi connectivity index (χ2v) is 5.05. The predicted molar refractivity (Wildman–Crippen MR) is 74.1 cm³/mol. The quantitative estimate of drug-likeness (QED) is 0.817. The molecule has 0 radical (unpaired) electrons. The van der Waals surface area contributed by atoms with Gasteiger partial charge in [0.05, 0.1) is 6.33 Å². The minimum Gasteiger partial charge on any atom is -0.347 e. The number of hydrogen-bond acceptors (Lipinski definition) is 2. The van der Waals surface area contributed by atoms with E-state index < -0.39 is 0 Å². The molecule has 1 heterocycles. The Morgan fingerprint density at radius 2 is 2.00 bits per heavy atom. The second kappa shape index (κ2) is 6.36. The zero-order chi connectivity index (χ0) is 12.8. The topological polar surface area (TPSA) is 40.7 Å². The molecule has 0 amide bonds. The zero-order valence-corrected chi connectivity index (χ0v) is 11.1. The SMILES string of the molecule is CC(C)CC(NCc1cnc[nH]1)c1ccccc1. The molecule has 2 N–H and O–H groups in total. The van der Waals surface area contributed by atoms with Crippen LogP contribution < -0.4 is 5.32 Å². The normalized spacial score (nSPS) is 12.8. The van der Waals surface area contributed by atoms with Crippen LogP contribution in [0.4, 0.5) is 0 Å². The van der Waals surface area contributed by atoms with Gasteiger partial charge in [0, 0.05) is 24.5 Å². The molecule has 0 saturated carbocycles. The summed E-state index contributed by atoms with van der Waals surface area (Å²) in [4.78, 5) is 7.16. The maximum Gasteiger partial charge on any atom is 0.0922 e. The summed E-state index contributed by atoms with van der Waals surface area (Å²) in [6, 6.07) is 11.0. The highest BCUT2D eigenvalue weighted by Gasteiger charge is 2.12. The van der Waals surface area contributed by atoms with Gasteiger partial charge in [0.15, 0.2) is 0 Å². The smallest absolute Gasteiger partial charge is 0.0922 e. The summed E-state index contributed by atoms with van der Waals surface area (Å²) in [6.45, 7) is 5.34. The number of imidazole rings is 1. The molecule has 0 fully saturated rings. The van der Waals surface area contributed by atoms with Crippen molar-refractivity contribution in [3.63, 3.8) is 0 Å². The molecule has 1 aromatic heterocycles. The fourth-order valence-electron chi connectivity index (χ4n) is 2.11. The van der Waals surface area contributed by atoms with E-state index in [0.29, 0.717) is 12.0 Å². The number of nitrogens with zero attached hydrogens (tertiary/aromatic N) is 1. The zero-order valence-electron chi connectivity index (χ0n) is 11.1. The first-order valence-corrected chi connectivity index (χ1v) is 6.51. The predicted octanol–water partition coefficient (Wildman–Crippen LogP) is 3.29. The van der Waals surface area contributed by atoms with Crippen molar-refractivity contribution in [1.29, 1.82) is 0 Å². The number of hydrogen-bond donors (Lipinski definition) is 2. The van der Waals surface area contributed by atoms with Crippen LogP contribution in [0.25, 0.3) is 0 Å². The van der Waals surface area contributed by atoms with Crippen LogP contribution in [0, 0.1) is 5.92 Å². The third kappa shape index (κ3) is 3.70. The number of nitrogens with one attached hydrogen (secondary N) is 2. The fourth-order valence-corrected chi connectivity index (χ4v) is 2.11. The summed E-state index contributed by atoms with van der Waals surface area (Å²) in [5.74, 6) is 0.671. The van der Waals surface area contributed by atoms with Crippen LogP contribution >= 0.6 is 0 Å². The van der Waals surface area contributed by atoms with Crippen LogP contribution in [0.3, 0.4) is 0 Å². The van der Waals surface area contributed by atoms with Gasteiger partial charge in [-0.25, -0.2) is 4.98 Å². The van der Waals surface area contributed by atoms with Crippen molar-refractivity contribution in [1.82, 2.24) is 15.3 Å². The van der Waals surface area contributed by atoms with Gasteiger partial charge in [0.25, 0.3) is 0 Å². The summed E-state index contributed by atoms with van der Waals surface area (Å²) < 4.78 is 0. The third-order valence-corrected chi connectivity index (χ3v) is 3.00. The molecule has 0 saturated heterocycles. The first kappa shape index (κ1) is 12.8. The summed E-state index contributed by atoms with van der Waals surface area (Å²) in [5, 5.41) is 3.60. The van der Waals surface area contributed by atoms with E-state index in [9.17, 15) is 0 Å². The highest BCUT2D eigenvalue weighted by atomic mass is 15.0. The Morgan fingerprint density at radius 1 is 1.22 bits per heavy atom. The average molecular weight is 243 g/mol. The molecule has 18 heavy (non-hydrogen) atoms. The van der Waals surface area contributed by atoms with E-state index >= 15 is 0 Å². The Kier molecular flexibility index (Phi) is 4.53. The molecule has 1 aromatic carbocycles. The molecule has 96 valence electrons. The van der Waals surface area contributed by atoms with E-state index in [2.05, 4.69) is 59.5 Å². The number of rotatable bonds is 6. The molecule has 2 aromatic rings. The van der Waals surface area contributed by atoms with Gasteiger partial charge in [-0.1, -0.05) is 44.2 Å². The van der Waals surface area contributed by atoms with Crippen LogP contribution in [-0.4, -0.2) is 9.97 Å². The van der Waals surface area contributed by atoms with E-state index in [4.69, 9.17) is 0 Å². The Morgan fingerprint density at radius 3 is 2.61 bits per heavy atom. The summed E-state index contributed by atoms with van der Waals surface area (Å²) in [5.41, 5.74) is 2.48. The van der Waals surface area contributed by atoms with E-state index in [1.54, 1.807) is 6.33 Å². The molecule has 1 atom stereocenters. The largest absolute Gasteiger partial charge is 0.347 e. The fraction of sp³-hybridized carbons (Fsp3) is 0.400. The Hall–Kier alpha value is -1.61. The van der Waals surface area contributed by atoms with Crippen LogP contribution in [0.1, 0.15) is 37.6 Å². The summed E-state index contributed by atoms with van der Waals surface area (Å²) in [6.07, 6.45) is 4.72. The molecule has 0 spiro atoms. The number of aromatic nitrogens is 2. The molecule has 2 rings (SSSR count). The van der Waals surface area contributed by atoms with E-state index in [1.165, 1.54) is 5.56 Å². The third-order valence-electron chi connectivity index (χ3n) is 3.00. The second-order valence-electron chi connectivity index (χ2n) is 5.05. The van der Waals surface area contributed by atoms with Gasteiger partial charge in [-0.05, 0) is 17.9 Å². The van der Waals surface area contributed by atoms with E-state index in [1.807, 2.05) is 6.20 Å². The lowest BCUT2D eigenvalue weighted by Crippen LogP contribution is -2.22. The lowest BCUT2D eigenvalue weighted by molar-refractivity contribution is 0.427. The molecular formula is C15H21N3. The highest BCUT2D eigenvalue weighted by Crippen LogP contribution is 2.21. The van der Waals surface area contributed by atoms with Crippen molar-refractivity contribution in [3.05, 3.63) is 54.1 Å². The molecule has 0 aliphatic heterocycles. The molecule has 0 aliphatic rings. The van der Waals surface area contributed by atoms with Crippen molar-refractivity contribution >= 4 is 0 Å². The van der Waals surface area contributed by atoms with Crippen LogP contribution in [0.2, 0.25) is 0 Å². The van der Waals surface area contributed by atoms with Crippen LogP contribution in [-0.2, 0) is 6.54 Å². The Labute approximate surface area is 109 Å². The minimum absolute atomic E-state index is 0.398. The van der Waals surface area contributed by atoms with Gasteiger partial charge in [-0.15, -0.1) is 0 Å². The van der Waals surface area contributed by atoms with Crippen molar-refractivity contribution in [2.75, 3.05) is 0 Å². The summed E-state index contributed by atoms with van der Waals surface area (Å²) in [7, 11) is 0. The Bertz CT molecular complexity index is 434. The average Bonchev–Trinajstić information content (AvgIpc) is 2.88. The van der Waals surface area contributed by atoms with E-state index in [-0.39, 0.29) is 0 Å². The van der Waals surface area contributed by atoms with E-state index in [0.717, 1.165) is 18.7 Å². The first-order valence-electron chi connectivity index (χ1n) is 6.51. The standard InChI is InChI=1S/C15H21N3/c1-12(2)8-15(13-6-4-3-5-7-13)17-10-14-9-16-11-18-14/h3-7,9,11-12,15,17H,8,10H2,1-2H3,(H,16,18). The maximum absolute atomic E-state index is 4.04. The number of H-pyrrole nitrogens is 1. The monoisotopic (exact) mass is 243 g/mol. The molecule has 1 unspecified atom stereocenters. The number of benzene rings is 1. The van der Waals surface area contributed by atoms with Gasteiger partial charge >= 0.3 is 0 Å². The number of aromatic amines is 1. The van der Waals surface area contributed by atoms with Crippen molar-refractivity contribution < 1.29 is 0 Å². The molecular weight excluding hydrogens is 222 g/mol. The molecule has 3 heteroatoms. The van der Waals surface area contributed by atoms with Crippen molar-refractivity contribution in [2.45, 2.75) is 32.9 Å².